The summed E-state index contributed by atoms with van der Waals surface area (Å²) in [6, 6.07) is 2.15. The molecular weight excluding hydrogens is 274 g/mol. The van der Waals surface area contributed by atoms with Gasteiger partial charge in [0.2, 0.25) is 5.91 Å². The highest BCUT2D eigenvalue weighted by Crippen LogP contribution is 2.50. The number of hydrogen-bond donors (Lipinski definition) is 2. The maximum atomic E-state index is 12.2. The lowest BCUT2D eigenvalue weighted by Crippen LogP contribution is -2.34. The molecule has 4 atom stereocenters. The van der Waals surface area contributed by atoms with E-state index in [0.29, 0.717) is 18.8 Å². The van der Waals surface area contributed by atoms with Crippen LogP contribution in [0.3, 0.4) is 0 Å². The third-order valence-corrected chi connectivity index (χ3v) is 5.64. The van der Waals surface area contributed by atoms with Gasteiger partial charge in [-0.1, -0.05) is 0 Å². The van der Waals surface area contributed by atoms with Crippen molar-refractivity contribution in [1.29, 1.82) is 0 Å². The van der Waals surface area contributed by atoms with Crippen molar-refractivity contribution in [2.24, 2.45) is 11.8 Å². The molecule has 0 aliphatic heterocycles. The zero-order valence-corrected chi connectivity index (χ0v) is 12.3. The second-order valence-corrected chi connectivity index (χ2v) is 6.92. The predicted octanol–water partition coefficient (Wildman–Crippen LogP) is 2.53. The van der Waals surface area contributed by atoms with Gasteiger partial charge in [-0.3, -0.25) is 9.59 Å². The third-order valence-electron chi connectivity index (χ3n) is 4.49. The van der Waals surface area contributed by atoms with Crippen LogP contribution in [0.25, 0.3) is 0 Å². The van der Waals surface area contributed by atoms with E-state index < -0.39 is 5.97 Å². The second kappa shape index (κ2) is 5.20. The molecule has 108 valence electrons. The van der Waals surface area contributed by atoms with Crippen LogP contribution in [-0.4, -0.2) is 23.0 Å². The highest BCUT2D eigenvalue weighted by molar-refractivity contribution is 7.10. The molecule has 2 saturated carbocycles. The van der Waals surface area contributed by atoms with Crippen LogP contribution in [-0.2, 0) is 9.59 Å². The summed E-state index contributed by atoms with van der Waals surface area (Å²) in [6.45, 7) is 2.09. The lowest BCUT2D eigenvalue weighted by Gasteiger charge is -2.12. The molecule has 4 nitrogen and oxygen atoms in total. The number of amides is 1. The average molecular weight is 293 g/mol. The average Bonchev–Trinajstić information content (AvgIpc) is 2.84. The van der Waals surface area contributed by atoms with Crippen molar-refractivity contribution < 1.29 is 14.7 Å². The van der Waals surface area contributed by atoms with Gasteiger partial charge in [-0.25, -0.2) is 0 Å². The Bertz CT molecular complexity index is 539. The number of hydrogen-bond acceptors (Lipinski definition) is 3. The molecule has 2 N–H and O–H groups in total. The largest absolute Gasteiger partial charge is 0.481 e. The van der Waals surface area contributed by atoms with Gasteiger partial charge in [0.05, 0.1) is 5.92 Å². The molecular formula is C15H19NO3S. The highest BCUT2D eigenvalue weighted by atomic mass is 32.1. The molecule has 0 radical (unpaired) electrons. The minimum absolute atomic E-state index is 0.0503. The Kier molecular flexibility index (Phi) is 3.54. The first-order valence-corrected chi connectivity index (χ1v) is 8.01. The van der Waals surface area contributed by atoms with Gasteiger partial charge >= 0.3 is 5.97 Å². The standard InChI is InChI=1S/C15H19NO3S/c1-8-4-5-20-13(8)11-7-12(11)14(17)16-10-3-2-9(6-10)15(18)19/h4-5,9-12H,2-3,6-7H2,1H3,(H,16,17)(H,18,19)/t9-,10-,11+,12-/m0/s1. The van der Waals surface area contributed by atoms with Gasteiger partial charge < -0.3 is 10.4 Å². The normalized spacial score (nSPS) is 32.0. The van der Waals surface area contributed by atoms with E-state index in [2.05, 4.69) is 23.7 Å². The number of thiophene rings is 1. The first kappa shape index (κ1) is 13.6. The van der Waals surface area contributed by atoms with Crippen molar-refractivity contribution in [3.05, 3.63) is 21.9 Å². The molecule has 1 amide bonds. The first-order chi connectivity index (χ1) is 9.56. The van der Waals surface area contributed by atoms with E-state index in [-0.39, 0.29) is 23.8 Å². The molecule has 0 unspecified atom stereocenters. The molecule has 0 saturated heterocycles. The molecule has 1 aromatic heterocycles. The Labute approximate surface area is 122 Å². The van der Waals surface area contributed by atoms with Crippen LogP contribution in [0, 0.1) is 18.8 Å². The van der Waals surface area contributed by atoms with Gasteiger partial charge in [-0.15, -0.1) is 11.3 Å². The lowest BCUT2D eigenvalue weighted by molar-refractivity contribution is -0.141. The van der Waals surface area contributed by atoms with Crippen molar-refractivity contribution in [3.63, 3.8) is 0 Å². The molecule has 2 fully saturated rings. The van der Waals surface area contributed by atoms with Gasteiger partial charge in [0.15, 0.2) is 0 Å². The minimum atomic E-state index is -0.736. The number of rotatable bonds is 4. The van der Waals surface area contributed by atoms with Gasteiger partial charge in [0, 0.05) is 22.8 Å². The van der Waals surface area contributed by atoms with Crippen LogP contribution in [0.5, 0.6) is 0 Å². The fraction of sp³-hybridized carbons (Fsp3) is 0.600. The predicted molar refractivity (Wildman–Crippen MR) is 76.8 cm³/mol. The maximum Gasteiger partial charge on any atom is 0.306 e. The summed E-state index contributed by atoms with van der Waals surface area (Å²) < 4.78 is 0. The second-order valence-electron chi connectivity index (χ2n) is 5.97. The fourth-order valence-corrected chi connectivity index (χ4v) is 4.29. The molecule has 3 rings (SSSR count). The van der Waals surface area contributed by atoms with Crippen LogP contribution in [0.4, 0.5) is 0 Å². The Morgan fingerprint density at radius 2 is 2.15 bits per heavy atom. The van der Waals surface area contributed by atoms with E-state index in [9.17, 15) is 9.59 Å². The molecule has 5 heteroatoms. The fourth-order valence-electron chi connectivity index (χ4n) is 3.18. The summed E-state index contributed by atoms with van der Waals surface area (Å²) in [5.74, 6) is -0.433. The molecule has 1 heterocycles. The summed E-state index contributed by atoms with van der Waals surface area (Å²) in [4.78, 5) is 24.4. The van der Waals surface area contributed by atoms with Crippen LogP contribution >= 0.6 is 11.3 Å². The lowest BCUT2D eigenvalue weighted by atomic mass is 10.1. The number of carboxylic acid groups (broad SMARTS) is 1. The summed E-state index contributed by atoms with van der Waals surface area (Å²) in [7, 11) is 0. The molecule has 0 bridgehead atoms. The van der Waals surface area contributed by atoms with E-state index in [0.717, 1.165) is 12.8 Å². The van der Waals surface area contributed by atoms with E-state index in [4.69, 9.17) is 5.11 Å². The van der Waals surface area contributed by atoms with Crippen molar-refractivity contribution in [2.75, 3.05) is 0 Å². The van der Waals surface area contributed by atoms with Crippen LogP contribution in [0.2, 0.25) is 0 Å². The Balaban J connectivity index is 1.52. The number of carbonyl (C=O) groups excluding carboxylic acids is 1. The highest BCUT2D eigenvalue weighted by Gasteiger charge is 2.46. The van der Waals surface area contributed by atoms with Gasteiger partial charge in [-0.2, -0.15) is 0 Å². The Morgan fingerprint density at radius 3 is 2.75 bits per heavy atom. The van der Waals surface area contributed by atoms with E-state index >= 15 is 0 Å². The smallest absolute Gasteiger partial charge is 0.306 e. The first-order valence-electron chi connectivity index (χ1n) is 7.13. The molecule has 0 aromatic carbocycles. The van der Waals surface area contributed by atoms with E-state index in [1.165, 1.54) is 10.4 Å². The quantitative estimate of drug-likeness (QED) is 0.896. The van der Waals surface area contributed by atoms with Gasteiger partial charge in [0.25, 0.3) is 0 Å². The van der Waals surface area contributed by atoms with Crippen molar-refractivity contribution >= 4 is 23.2 Å². The summed E-state index contributed by atoms with van der Waals surface area (Å²) in [5.41, 5.74) is 1.28. The van der Waals surface area contributed by atoms with E-state index in [1.807, 2.05) is 0 Å². The number of nitrogens with one attached hydrogen (secondary N) is 1. The zero-order valence-electron chi connectivity index (χ0n) is 11.5. The van der Waals surface area contributed by atoms with Crippen LogP contribution < -0.4 is 5.32 Å². The molecule has 2 aliphatic rings. The minimum Gasteiger partial charge on any atom is -0.481 e. The molecule has 1 aromatic rings. The van der Waals surface area contributed by atoms with Gasteiger partial charge in [0.1, 0.15) is 0 Å². The topological polar surface area (TPSA) is 66.4 Å². The third kappa shape index (κ3) is 2.59. The van der Waals surface area contributed by atoms with Crippen LogP contribution in [0.1, 0.15) is 42.0 Å². The molecule has 0 spiro atoms. The van der Waals surface area contributed by atoms with Crippen LogP contribution in [0.15, 0.2) is 11.4 Å². The van der Waals surface area contributed by atoms with Gasteiger partial charge in [-0.05, 0) is 49.6 Å². The van der Waals surface area contributed by atoms with E-state index in [1.54, 1.807) is 11.3 Å². The SMILES string of the molecule is Cc1ccsc1[C@@H]1C[C@@H]1C(=O)N[C@H]1CC[C@H](C(=O)O)C1. The molecule has 20 heavy (non-hydrogen) atoms. The Hall–Kier alpha value is -1.36. The van der Waals surface area contributed by atoms with Crippen molar-refractivity contribution in [2.45, 2.75) is 44.6 Å². The van der Waals surface area contributed by atoms with Crippen molar-refractivity contribution in [1.82, 2.24) is 5.32 Å². The number of aryl methyl sites for hydroxylation is 1. The summed E-state index contributed by atoms with van der Waals surface area (Å²) in [5, 5.41) is 14.1. The Morgan fingerprint density at radius 1 is 1.35 bits per heavy atom. The molecule has 2 aliphatic carbocycles. The summed E-state index contributed by atoms with van der Waals surface area (Å²) >= 11 is 1.73. The maximum absolute atomic E-state index is 12.2. The van der Waals surface area contributed by atoms with Crippen molar-refractivity contribution in [3.8, 4) is 0 Å². The number of carbonyl (C=O) groups is 2. The number of carboxylic acids is 1. The monoisotopic (exact) mass is 293 g/mol. The summed E-state index contributed by atoms with van der Waals surface area (Å²) in [6.07, 6.45) is 2.98. The zero-order chi connectivity index (χ0) is 14.3. The number of aliphatic carboxylic acids is 1.